The van der Waals surface area contributed by atoms with E-state index in [0.717, 1.165) is 5.56 Å². The van der Waals surface area contributed by atoms with E-state index in [9.17, 15) is 8.78 Å². The van der Waals surface area contributed by atoms with E-state index >= 15 is 0 Å². The van der Waals surface area contributed by atoms with Crippen LogP contribution < -0.4 is 0 Å². The summed E-state index contributed by atoms with van der Waals surface area (Å²) in [5.41, 5.74) is 0.900. The van der Waals surface area contributed by atoms with E-state index in [-0.39, 0.29) is 13.0 Å². The van der Waals surface area contributed by atoms with Crippen LogP contribution in [0.4, 0.5) is 8.78 Å². The Balaban J connectivity index is 0.00000121. The highest BCUT2D eigenvalue weighted by atomic mass is 19.3. The van der Waals surface area contributed by atoms with Gasteiger partial charge in [0.25, 0.3) is 6.43 Å². The van der Waals surface area contributed by atoms with Crippen molar-refractivity contribution in [3.63, 3.8) is 0 Å². The molecule has 0 spiro atoms. The molecule has 0 radical (unpaired) electrons. The largest absolute Gasteiger partial charge is 0.264 e. The number of alkyl halides is 2. The third-order valence-corrected chi connectivity index (χ3v) is 1.67. The van der Waals surface area contributed by atoms with Crippen LogP contribution in [0.2, 0.25) is 0 Å². The molecular weight excluding hydrogens is 158 g/mol. The van der Waals surface area contributed by atoms with Crippen LogP contribution in [-0.2, 0) is 6.42 Å². The van der Waals surface area contributed by atoms with Crippen molar-refractivity contribution >= 4 is 0 Å². The fourth-order valence-electron chi connectivity index (χ4n) is 1.07. The number of benzene rings is 1. The minimum Gasteiger partial charge on any atom is -0.205 e. The summed E-state index contributed by atoms with van der Waals surface area (Å²) in [7, 11) is 0. The van der Waals surface area contributed by atoms with Gasteiger partial charge in [0.05, 0.1) is 0 Å². The smallest absolute Gasteiger partial charge is 0.205 e. The van der Waals surface area contributed by atoms with Crippen molar-refractivity contribution in [1.29, 1.82) is 0 Å². The summed E-state index contributed by atoms with van der Waals surface area (Å²) in [5, 5.41) is 0. The summed E-state index contributed by atoms with van der Waals surface area (Å²) in [6.07, 6.45) is -1.67. The van der Waals surface area contributed by atoms with E-state index in [1.54, 1.807) is 18.2 Å². The highest BCUT2D eigenvalue weighted by Crippen LogP contribution is 2.22. The number of halogens is 2. The summed E-state index contributed by atoms with van der Waals surface area (Å²) in [6, 6.07) is 6.64. The number of hydrogen-bond acceptors (Lipinski definition) is 0. The van der Waals surface area contributed by atoms with E-state index in [2.05, 4.69) is 0 Å². The molecule has 0 aliphatic heterocycles. The highest BCUT2D eigenvalue weighted by molar-refractivity contribution is 5.27. The Morgan fingerprint density at radius 1 is 1.25 bits per heavy atom. The van der Waals surface area contributed by atoms with Gasteiger partial charge in [0.2, 0.25) is 0 Å². The summed E-state index contributed by atoms with van der Waals surface area (Å²) in [5.74, 6) is 0. The molecule has 2 heteroatoms. The first kappa shape index (κ1) is 11.1. The van der Waals surface area contributed by atoms with Crippen molar-refractivity contribution in [2.45, 2.75) is 27.2 Å². The Kier molecular flexibility index (Phi) is 4.49. The predicted molar refractivity (Wildman–Crippen MR) is 47.5 cm³/mol. The van der Waals surface area contributed by atoms with E-state index < -0.39 is 6.43 Å². The second kappa shape index (κ2) is 4.86. The van der Waals surface area contributed by atoms with Crippen molar-refractivity contribution in [2.75, 3.05) is 0 Å². The van der Waals surface area contributed by atoms with E-state index in [0.29, 0.717) is 6.42 Å². The Hall–Kier alpha value is -0.920. The van der Waals surface area contributed by atoms with Gasteiger partial charge in [-0.05, 0) is 12.0 Å². The minimum absolute atomic E-state index is 0. The average Bonchev–Trinajstić information content (AvgIpc) is 2.04. The topological polar surface area (TPSA) is 0 Å². The molecule has 0 heterocycles. The maximum atomic E-state index is 12.2. The predicted octanol–water partition coefficient (Wildman–Crippen LogP) is 3.82. The zero-order chi connectivity index (χ0) is 8.27. The fraction of sp³-hybridized carbons (Fsp3) is 0.400. The Morgan fingerprint density at radius 2 is 1.83 bits per heavy atom. The lowest BCUT2D eigenvalue weighted by atomic mass is 10.1. The highest BCUT2D eigenvalue weighted by Gasteiger charge is 2.09. The molecule has 1 rings (SSSR count). The molecule has 0 nitrogen and oxygen atoms in total. The molecule has 0 bridgehead atoms. The third-order valence-electron chi connectivity index (χ3n) is 1.67. The molecule has 12 heavy (non-hydrogen) atoms. The Bertz CT molecular complexity index is 231. The summed E-state index contributed by atoms with van der Waals surface area (Å²) in [6.45, 7) is 1.88. The SMILES string of the molecule is C.CCc1ccccc1C(F)F. The van der Waals surface area contributed by atoms with Gasteiger partial charge in [0.15, 0.2) is 0 Å². The van der Waals surface area contributed by atoms with Gasteiger partial charge in [0.1, 0.15) is 0 Å². The van der Waals surface area contributed by atoms with E-state index in [1.165, 1.54) is 6.07 Å². The van der Waals surface area contributed by atoms with Crippen molar-refractivity contribution in [1.82, 2.24) is 0 Å². The summed E-state index contributed by atoms with van der Waals surface area (Å²) < 4.78 is 24.4. The van der Waals surface area contributed by atoms with Crippen LogP contribution >= 0.6 is 0 Å². The quantitative estimate of drug-likeness (QED) is 0.636. The zero-order valence-corrected chi connectivity index (χ0v) is 6.35. The Labute approximate surface area is 72.2 Å². The van der Waals surface area contributed by atoms with Crippen molar-refractivity contribution in [2.24, 2.45) is 0 Å². The first-order valence-corrected chi connectivity index (χ1v) is 3.61. The van der Waals surface area contributed by atoms with Crippen LogP contribution in [0.1, 0.15) is 31.9 Å². The van der Waals surface area contributed by atoms with Crippen LogP contribution in [0.3, 0.4) is 0 Å². The molecule has 0 N–H and O–H groups in total. The van der Waals surface area contributed by atoms with Crippen LogP contribution in [0.5, 0.6) is 0 Å². The molecule has 0 fully saturated rings. The lowest BCUT2D eigenvalue weighted by molar-refractivity contribution is 0.150. The molecule has 0 amide bonds. The Morgan fingerprint density at radius 3 is 2.25 bits per heavy atom. The minimum atomic E-state index is -2.34. The van der Waals surface area contributed by atoms with Gasteiger partial charge in [-0.2, -0.15) is 0 Å². The number of hydrogen-bond donors (Lipinski definition) is 0. The average molecular weight is 172 g/mol. The van der Waals surface area contributed by atoms with Crippen molar-refractivity contribution in [3.05, 3.63) is 35.4 Å². The maximum absolute atomic E-state index is 12.2. The van der Waals surface area contributed by atoms with Gasteiger partial charge in [0, 0.05) is 5.56 Å². The molecule has 68 valence electrons. The molecule has 1 aromatic carbocycles. The zero-order valence-electron chi connectivity index (χ0n) is 6.35. The number of aryl methyl sites for hydroxylation is 1. The summed E-state index contributed by atoms with van der Waals surface area (Å²) in [4.78, 5) is 0. The first-order valence-electron chi connectivity index (χ1n) is 3.61. The fourth-order valence-corrected chi connectivity index (χ4v) is 1.07. The molecule has 1 aromatic rings. The molecule has 0 aliphatic carbocycles. The molecule has 0 atom stereocenters. The van der Waals surface area contributed by atoms with Gasteiger partial charge >= 0.3 is 0 Å². The van der Waals surface area contributed by atoms with Crippen LogP contribution in [-0.4, -0.2) is 0 Å². The second-order valence-electron chi connectivity index (χ2n) is 2.35. The molecule has 0 unspecified atom stereocenters. The van der Waals surface area contributed by atoms with Crippen LogP contribution in [0.15, 0.2) is 24.3 Å². The van der Waals surface area contributed by atoms with Crippen molar-refractivity contribution in [3.8, 4) is 0 Å². The van der Waals surface area contributed by atoms with Crippen LogP contribution in [0.25, 0.3) is 0 Å². The van der Waals surface area contributed by atoms with Gasteiger partial charge in [-0.1, -0.05) is 38.6 Å². The molecular formula is C10H14F2. The molecule has 0 aliphatic rings. The van der Waals surface area contributed by atoms with E-state index in [4.69, 9.17) is 0 Å². The third kappa shape index (κ3) is 2.29. The maximum Gasteiger partial charge on any atom is 0.264 e. The first-order chi connectivity index (χ1) is 5.25. The van der Waals surface area contributed by atoms with Gasteiger partial charge in [-0.3, -0.25) is 0 Å². The lowest BCUT2D eigenvalue weighted by Crippen LogP contribution is -1.91. The second-order valence-corrected chi connectivity index (χ2v) is 2.35. The normalized spacial score (nSPS) is 9.67. The van der Waals surface area contributed by atoms with Gasteiger partial charge < -0.3 is 0 Å². The number of rotatable bonds is 2. The van der Waals surface area contributed by atoms with Crippen molar-refractivity contribution < 1.29 is 8.78 Å². The standard InChI is InChI=1S/C9H10F2.CH4/c1-2-7-5-3-4-6-8(7)9(10)11;/h3-6,9H,2H2,1H3;1H4. The van der Waals surface area contributed by atoms with Gasteiger partial charge in [-0.25, -0.2) is 8.78 Å². The monoisotopic (exact) mass is 172 g/mol. The van der Waals surface area contributed by atoms with Gasteiger partial charge in [-0.15, -0.1) is 0 Å². The van der Waals surface area contributed by atoms with Crippen LogP contribution in [0, 0.1) is 0 Å². The molecule has 0 saturated carbocycles. The van der Waals surface area contributed by atoms with E-state index in [1.807, 2.05) is 6.92 Å². The summed E-state index contributed by atoms with van der Waals surface area (Å²) >= 11 is 0. The lowest BCUT2D eigenvalue weighted by Gasteiger charge is -2.04. The molecule has 0 aromatic heterocycles. The molecule has 0 saturated heterocycles.